The van der Waals surface area contributed by atoms with Gasteiger partial charge in [-0.05, 0) is 55.6 Å². The topological polar surface area (TPSA) is 50.9 Å². The Morgan fingerprint density at radius 2 is 1.76 bits per heavy atom. The lowest BCUT2D eigenvalue weighted by molar-refractivity contribution is -0.137. The summed E-state index contributed by atoms with van der Waals surface area (Å²) in [4.78, 5) is 4.24. The van der Waals surface area contributed by atoms with Gasteiger partial charge in [-0.15, -0.1) is 0 Å². The fourth-order valence-corrected chi connectivity index (χ4v) is 3.05. The zero-order chi connectivity index (χ0) is 15.6. The Hall–Kier alpha value is -0.960. The van der Waals surface area contributed by atoms with Crippen LogP contribution in [0.1, 0.15) is 22.9 Å². The highest BCUT2D eigenvalue weighted by Crippen LogP contribution is 2.32. The maximum absolute atomic E-state index is 12.6. The summed E-state index contributed by atoms with van der Waals surface area (Å²) in [7, 11) is 0. The number of hydrogen-bond acceptors (Lipinski definition) is 3. The smallest absolute Gasteiger partial charge is 0.271 e. The first-order chi connectivity index (χ1) is 9.82. The number of alkyl halides is 3. The number of nitrogens with two attached hydrogens (primary N) is 1. The molecule has 2 aromatic rings. The normalized spacial score (nSPS) is 13.2. The molecule has 0 saturated heterocycles. The van der Waals surface area contributed by atoms with E-state index in [9.17, 15) is 13.2 Å². The zero-order valence-electron chi connectivity index (χ0n) is 10.5. The zero-order valence-corrected chi connectivity index (χ0v) is 13.6. The largest absolute Gasteiger partial charge is 0.416 e. The van der Waals surface area contributed by atoms with Gasteiger partial charge in [-0.1, -0.05) is 12.1 Å². The van der Waals surface area contributed by atoms with Gasteiger partial charge in [-0.2, -0.15) is 13.2 Å². The Morgan fingerprint density at radius 3 is 2.24 bits per heavy atom. The van der Waals surface area contributed by atoms with Crippen molar-refractivity contribution in [2.45, 2.75) is 12.2 Å². The average Bonchev–Trinajstić information content (AvgIpc) is 2.41. The highest BCUT2D eigenvalue weighted by molar-refractivity contribution is 9.11. The van der Waals surface area contributed by atoms with Crippen molar-refractivity contribution in [3.63, 3.8) is 0 Å². The van der Waals surface area contributed by atoms with Crippen molar-refractivity contribution in [2.75, 3.05) is 0 Å². The van der Waals surface area contributed by atoms with E-state index in [0.717, 1.165) is 16.6 Å². The Bertz CT molecular complexity index is 630. The third kappa shape index (κ3) is 3.82. The number of hydrazine groups is 1. The lowest BCUT2D eigenvalue weighted by Gasteiger charge is -2.18. The molecule has 0 fully saturated rings. The minimum absolute atomic E-state index is 0.519. The Morgan fingerprint density at radius 1 is 1.14 bits per heavy atom. The highest BCUT2D eigenvalue weighted by Gasteiger charge is 2.30. The second kappa shape index (κ2) is 6.43. The number of benzene rings is 1. The van der Waals surface area contributed by atoms with Crippen molar-refractivity contribution in [1.82, 2.24) is 10.4 Å². The molecule has 1 unspecified atom stereocenters. The van der Waals surface area contributed by atoms with Gasteiger partial charge in [-0.25, -0.2) is 5.43 Å². The summed E-state index contributed by atoms with van der Waals surface area (Å²) in [6, 6.07) is 6.07. The monoisotopic (exact) mass is 423 g/mol. The third-order valence-corrected chi connectivity index (χ3v) is 3.92. The minimum Gasteiger partial charge on any atom is -0.271 e. The van der Waals surface area contributed by atoms with Gasteiger partial charge >= 0.3 is 6.18 Å². The number of rotatable bonds is 3. The quantitative estimate of drug-likeness (QED) is 0.574. The number of hydrogen-bond donors (Lipinski definition) is 2. The molecule has 2 rings (SSSR count). The first-order valence-electron chi connectivity index (χ1n) is 5.77. The standard InChI is InChI=1S/C13H10Br2F3N3/c14-9-5-10(15)12(20-6-9)11(21-19)7-1-3-8(4-2-7)13(16,17)18/h1-6,11,21H,19H2. The molecule has 0 aliphatic carbocycles. The third-order valence-electron chi connectivity index (χ3n) is 2.85. The molecule has 3 N–H and O–H groups in total. The Labute approximate surface area is 136 Å². The maximum atomic E-state index is 12.6. The molecule has 0 aliphatic heterocycles. The molecule has 0 radical (unpaired) electrons. The molecule has 1 atom stereocenters. The van der Waals surface area contributed by atoms with Gasteiger partial charge < -0.3 is 0 Å². The summed E-state index contributed by atoms with van der Waals surface area (Å²) in [5, 5.41) is 0. The molecule has 0 saturated carbocycles. The van der Waals surface area contributed by atoms with Crippen LogP contribution in [0.5, 0.6) is 0 Å². The van der Waals surface area contributed by atoms with Crippen molar-refractivity contribution < 1.29 is 13.2 Å². The van der Waals surface area contributed by atoms with Crippen molar-refractivity contribution >= 4 is 31.9 Å². The van der Waals surface area contributed by atoms with Crippen molar-refractivity contribution in [3.8, 4) is 0 Å². The van der Waals surface area contributed by atoms with E-state index in [4.69, 9.17) is 5.84 Å². The second-order valence-corrected chi connectivity index (χ2v) is 6.01. The second-order valence-electron chi connectivity index (χ2n) is 4.24. The van der Waals surface area contributed by atoms with Crippen molar-refractivity contribution in [2.24, 2.45) is 5.84 Å². The molecule has 1 aromatic carbocycles. The SMILES string of the molecule is NNC(c1ccc(C(F)(F)F)cc1)c1ncc(Br)cc1Br. The molecule has 0 bridgehead atoms. The molecule has 112 valence electrons. The van der Waals surface area contributed by atoms with E-state index in [-0.39, 0.29) is 0 Å². The summed E-state index contributed by atoms with van der Waals surface area (Å²) in [6.45, 7) is 0. The van der Waals surface area contributed by atoms with Crippen LogP contribution in [0.4, 0.5) is 13.2 Å². The molecular formula is C13H10Br2F3N3. The summed E-state index contributed by atoms with van der Waals surface area (Å²) >= 11 is 6.65. The van der Waals surface area contributed by atoms with E-state index in [0.29, 0.717) is 15.7 Å². The van der Waals surface area contributed by atoms with Crippen LogP contribution in [0.2, 0.25) is 0 Å². The molecular weight excluding hydrogens is 415 g/mol. The molecule has 3 nitrogen and oxygen atoms in total. The molecule has 21 heavy (non-hydrogen) atoms. The Kier molecular flexibility index (Phi) is 5.03. The lowest BCUT2D eigenvalue weighted by Crippen LogP contribution is -2.29. The molecule has 0 amide bonds. The fraction of sp³-hybridized carbons (Fsp3) is 0.154. The number of nitrogens with zero attached hydrogens (tertiary/aromatic N) is 1. The molecule has 1 aromatic heterocycles. The van der Waals surface area contributed by atoms with E-state index in [1.165, 1.54) is 12.1 Å². The van der Waals surface area contributed by atoms with Crippen LogP contribution >= 0.6 is 31.9 Å². The van der Waals surface area contributed by atoms with Crippen LogP contribution in [0.15, 0.2) is 45.5 Å². The molecule has 1 heterocycles. The predicted octanol–water partition coefficient (Wildman–Crippen LogP) is 4.18. The van der Waals surface area contributed by atoms with Crippen LogP contribution in [0, 0.1) is 0 Å². The minimum atomic E-state index is -4.36. The van der Waals surface area contributed by atoms with Crippen molar-refractivity contribution in [1.29, 1.82) is 0 Å². The average molecular weight is 425 g/mol. The number of aromatic nitrogens is 1. The summed E-state index contributed by atoms with van der Waals surface area (Å²) in [5.74, 6) is 5.52. The van der Waals surface area contributed by atoms with E-state index < -0.39 is 17.8 Å². The van der Waals surface area contributed by atoms with Gasteiger partial charge in [0.25, 0.3) is 0 Å². The van der Waals surface area contributed by atoms with E-state index in [1.807, 2.05) is 0 Å². The lowest BCUT2D eigenvalue weighted by atomic mass is 10.0. The van der Waals surface area contributed by atoms with Gasteiger partial charge in [0.05, 0.1) is 17.3 Å². The number of halogens is 5. The van der Waals surface area contributed by atoms with Crippen LogP contribution in [0.3, 0.4) is 0 Å². The van der Waals surface area contributed by atoms with Gasteiger partial charge in [-0.3, -0.25) is 10.8 Å². The summed E-state index contributed by atoms with van der Waals surface area (Å²) in [5.41, 5.74) is 3.03. The van der Waals surface area contributed by atoms with Gasteiger partial charge in [0.15, 0.2) is 0 Å². The van der Waals surface area contributed by atoms with Crippen molar-refractivity contribution in [3.05, 3.63) is 62.3 Å². The first kappa shape index (κ1) is 16.4. The van der Waals surface area contributed by atoms with Gasteiger partial charge in [0.1, 0.15) is 0 Å². The van der Waals surface area contributed by atoms with E-state index in [1.54, 1.807) is 12.3 Å². The molecule has 8 heteroatoms. The fourth-order valence-electron chi connectivity index (χ4n) is 1.84. The van der Waals surface area contributed by atoms with Gasteiger partial charge in [0.2, 0.25) is 0 Å². The van der Waals surface area contributed by atoms with E-state index >= 15 is 0 Å². The first-order valence-corrected chi connectivity index (χ1v) is 7.35. The molecule has 0 spiro atoms. The summed E-state index contributed by atoms with van der Waals surface area (Å²) < 4.78 is 39.2. The predicted molar refractivity (Wildman–Crippen MR) is 80.2 cm³/mol. The summed E-state index contributed by atoms with van der Waals surface area (Å²) in [6.07, 6.45) is -2.77. The van der Waals surface area contributed by atoms with Crippen LogP contribution < -0.4 is 11.3 Å². The van der Waals surface area contributed by atoms with Crippen LogP contribution in [0.25, 0.3) is 0 Å². The number of pyridine rings is 1. The maximum Gasteiger partial charge on any atom is 0.416 e. The molecule has 0 aliphatic rings. The highest BCUT2D eigenvalue weighted by atomic mass is 79.9. The van der Waals surface area contributed by atoms with E-state index in [2.05, 4.69) is 42.3 Å². The van der Waals surface area contributed by atoms with Gasteiger partial charge in [0, 0.05) is 15.1 Å². The Balaban J connectivity index is 2.37. The number of nitrogens with one attached hydrogen (secondary N) is 1. The van der Waals surface area contributed by atoms with Crippen LogP contribution in [-0.4, -0.2) is 4.98 Å². The van der Waals surface area contributed by atoms with Crippen LogP contribution in [-0.2, 0) is 6.18 Å².